The monoisotopic (exact) mass is 474 g/mol. The van der Waals surface area contributed by atoms with Crippen LogP contribution >= 0.6 is 0 Å². The second kappa shape index (κ2) is 10.9. The molecule has 184 valence electrons. The van der Waals surface area contributed by atoms with Crippen LogP contribution in [0.15, 0.2) is 16.5 Å². The lowest BCUT2D eigenvalue weighted by atomic mass is 9.92. The highest BCUT2D eigenvalue weighted by atomic mass is 16.5. The van der Waals surface area contributed by atoms with Gasteiger partial charge < -0.3 is 24.7 Å². The molecule has 10 nitrogen and oxygen atoms in total. The van der Waals surface area contributed by atoms with Gasteiger partial charge in [0.2, 0.25) is 5.88 Å². The SMILES string of the molecule is CCOC(=O)c1c(C)oc(NC(=O)COC(=O)c2cc(C(C)C)cc(C(C)C)c2O)c1C(N)=O. The van der Waals surface area contributed by atoms with Crippen molar-refractivity contribution in [2.24, 2.45) is 5.73 Å². The average Bonchev–Trinajstić information content (AvgIpc) is 3.07. The lowest BCUT2D eigenvalue weighted by molar-refractivity contribution is -0.119. The molecule has 0 aliphatic carbocycles. The summed E-state index contributed by atoms with van der Waals surface area (Å²) in [7, 11) is 0. The van der Waals surface area contributed by atoms with E-state index >= 15 is 0 Å². The molecule has 0 spiro atoms. The van der Waals surface area contributed by atoms with Crippen LogP contribution in [0, 0.1) is 6.92 Å². The fraction of sp³-hybridized carbons (Fsp3) is 0.417. The second-order valence-electron chi connectivity index (χ2n) is 8.26. The first-order valence-electron chi connectivity index (χ1n) is 10.8. The topological polar surface area (TPSA) is 158 Å². The van der Waals surface area contributed by atoms with Gasteiger partial charge in [-0.2, -0.15) is 0 Å². The predicted molar refractivity (Wildman–Crippen MR) is 123 cm³/mol. The van der Waals surface area contributed by atoms with Crippen molar-refractivity contribution >= 4 is 29.6 Å². The number of furan rings is 1. The molecule has 4 N–H and O–H groups in total. The standard InChI is InChI=1S/C24H30N2O8/c1-7-32-24(31)18-13(6)34-22(19(18)21(25)29)26-17(27)10-33-23(30)16-9-14(11(2)3)8-15(12(4)5)20(16)28/h8-9,11-12,28H,7,10H2,1-6H3,(H2,25,29)(H,26,27). The number of hydrogen-bond donors (Lipinski definition) is 3. The molecule has 0 fully saturated rings. The van der Waals surface area contributed by atoms with E-state index in [0.29, 0.717) is 5.56 Å². The minimum absolute atomic E-state index is 0.0242. The number of ether oxygens (including phenoxy) is 2. The van der Waals surface area contributed by atoms with Crippen molar-refractivity contribution in [1.29, 1.82) is 0 Å². The van der Waals surface area contributed by atoms with E-state index in [1.807, 2.05) is 33.8 Å². The van der Waals surface area contributed by atoms with E-state index in [4.69, 9.17) is 19.6 Å². The zero-order valence-electron chi connectivity index (χ0n) is 20.1. The molecule has 0 saturated heterocycles. The molecule has 1 aromatic heterocycles. The number of hydrogen-bond acceptors (Lipinski definition) is 8. The van der Waals surface area contributed by atoms with Crippen molar-refractivity contribution in [2.45, 2.75) is 53.4 Å². The molecule has 2 rings (SSSR count). The van der Waals surface area contributed by atoms with Crippen LogP contribution in [0.4, 0.5) is 5.88 Å². The summed E-state index contributed by atoms with van der Waals surface area (Å²) < 4.78 is 15.3. The van der Waals surface area contributed by atoms with Gasteiger partial charge in [-0.05, 0) is 42.9 Å². The number of primary amides is 1. The molecule has 0 atom stereocenters. The Labute approximate surface area is 197 Å². The van der Waals surface area contributed by atoms with Crippen LogP contribution in [0.5, 0.6) is 5.75 Å². The molecule has 0 aliphatic rings. The van der Waals surface area contributed by atoms with Crippen molar-refractivity contribution in [2.75, 3.05) is 18.5 Å². The van der Waals surface area contributed by atoms with Gasteiger partial charge in [0.1, 0.15) is 28.2 Å². The van der Waals surface area contributed by atoms with Crippen molar-refractivity contribution < 1.29 is 38.2 Å². The molecule has 1 aromatic carbocycles. The zero-order valence-corrected chi connectivity index (χ0v) is 20.1. The van der Waals surface area contributed by atoms with Gasteiger partial charge in [0.25, 0.3) is 11.8 Å². The number of carbonyl (C=O) groups is 4. The second-order valence-corrected chi connectivity index (χ2v) is 8.26. The Morgan fingerprint density at radius 3 is 2.21 bits per heavy atom. The molecular formula is C24H30N2O8. The minimum Gasteiger partial charge on any atom is -0.507 e. The fourth-order valence-corrected chi connectivity index (χ4v) is 3.30. The first kappa shape index (κ1) is 26.4. The van der Waals surface area contributed by atoms with Crippen LogP contribution in [-0.4, -0.2) is 42.1 Å². The number of phenols is 1. The number of esters is 2. The number of benzene rings is 1. The van der Waals surface area contributed by atoms with Crippen LogP contribution in [0.3, 0.4) is 0 Å². The van der Waals surface area contributed by atoms with Crippen molar-refractivity contribution in [3.8, 4) is 5.75 Å². The number of phenolic OH excluding ortho intramolecular Hbond substituents is 1. The lowest BCUT2D eigenvalue weighted by Gasteiger charge is -2.16. The fourth-order valence-electron chi connectivity index (χ4n) is 3.30. The molecule has 0 saturated carbocycles. The Morgan fingerprint density at radius 1 is 1.03 bits per heavy atom. The van der Waals surface area contributed by atoms with E-state index in [0.717, 1.165) is 5.56 Å². The van der Waals surface area contributed by atoms with E-state index in [-0.39, 0.29) is 52.5 Å². The van der Waals surface area contributed by atoms with Gasteiger partial charge in [-0.25, -0.2) is 9.59 Å². The Bertz CT molecular complexity index is 1110. The van der Waals surface area contributed by atoms with E-state index in [1.165, 1.54) is 13.0 Å². The van der Waals surface area contributed by atoms with Crippen LogP contribution < -0.4 is 11.1 Å². The van der Waals surface area contributed by atoms with Gasteiger partial charge in [-0.3, -0.25) is 14.9 Å². The maximum absolute atomic E-state index is 12.6. The summed E-state index contributed by atoms with van der Waals surface area (Å²) in [6.07, 6.45) is 0. The number of nitrogens with two attached hydrogens (primary N) is 1. The summed E-state index contributed by atoms with van der Waals surface area (Å²) >= 11 is 0. The third-order valence-corrected chi connectivity index (χ3v) is 5.07. The number of aromatic hydroxyl groups is 1. The summed E-state index contributed by atoms with van der Waals surface area (Å²) in [6, 6.07) is 3.36. The van der Waals surface area contributed by atoms with Gasteiger partial charge in [-0.15, -0.1) is 0 Å². The Morgan fingerprint density at radius 2 is 1.68 bits per heavy atom. The van der Waals surface area contributed by atoms with E-state index in [2.05, 4.69) is 5.32 Å². The Hall–Kier alpha value is -3.82. The predicted octanol–water partition coefficient (Wildman–Crippen LogP) is 3.61. The quantitative estimate of drug-likeness (QED) is 0.465. The number of carbonyl (C=O) groups excluding carboxylic acids is 4. The molecule has 0 radical (unpaired) electrons. The summed E-state index contributed by atoms with van der Waals surface area (Å²) in [5, 5.41) is 12.8. The minimum atomic E-state index is -1.01. The summed E-state index contributed by atoms with van der Waals surface area (Å²) in [5.41, 5.74) is 6.18. The maximum atomic E-state index is 12.6. The molecule has 0 aliphatic heterocycles. The molecular weight excluding hydrogens is 444 g/mol. The molecule has 1 heterocycles. The van der Waals surface area contributed by atoms with Crippen LogP contribution in [-0.2, 0) is 14.3 Å². The molecule has 0 bridgehead atoms. The number of amides is 2. The van der Waals surface area contributed by atoms with E-state index in [9.17, 15) is 24.3 Å². The number of anilines is 1. The zero-order chi connectivity index (χ0) is 25.7. The summed E-state index contributed by atoms with van der Waals surface area (Å²) in [4.78, 5) is 49.1. The third kappa shape index (κ3) is 5.75. The molecule has 0 unspecified atom stereocenters. The van der Waals surface area contributed by atoms with Crippen molar-refractivity contribution in [1.82, 2.24) is 0 Å². The lowest BCUT2D eigenvalue weighted by Crippen LogP contribution is -2.24. The van der Waals surface area contributed by atoms with Gasteiger partial charge in [0, 0.05) is 0 Å². The first-order valence-corrected chi connectivity index (χ1v) is 10.8. The number of nitrogens with one attached hydrogen (secondary N) is 1. The highest BCUT2D eigenvalue weighted by Gasteiger charge is 2.29. The first-order chi connectivity index (χ1) is 15.9. The summed E-state index contributed by atoms with van der Waals surface area (Å²) in [6.45, 7) is 9.98. The Balaban J connectivity index is 2.22. The van der Waals surface area contributed by atoms with Crippen LogP contribution in [0.25, 0.3) is 0 Å². The third-order valence-electron chi connectivity index (χ3n) is 5.07. The molecule has 10 heteroatoms. The van der Waals surface area contributed by atoms with E-state index in [1.54, 1.807) is 6.92 Å². The maximum Gasteiger partial charge on any atom is 0.342 e. The number of aryl methyl sites for hydroxylation is 1. The normalized spacial score (nSPS) is 10.9. The highest BCUT2D eigenvalue weighted by molar-refractivity contribution is 6.10. The Kier molecular flexibility index (Phi) is 8.45. The van der Waals surface area contributed by atoms with Gasteiger partial charge in [0.15, 0.2) is 6.61 Å². The van der Waals surface area contributed by atoms with Gasteiger partial charge >= 0.3 is 11.9 Å². The number of rotatable bonds is 9. The average molecular weight is 475 g/mol. The largest absolute Gasteiger partial charge is 0.507 e. The van der Waals surface area contributed by atoms with Crippen LogP contribution in [0.2, 0.25) is 0 Å². The van der Waals surface area contributed by atoms with Gasteiger partial charge in [-0.1, -0.05) is 33.8 Å². The summed E-state index contributed by atoms with van der Waals surface area (Å²) in [5.74, 6) is -4.07. The van der Waals surface area contributed by atoms with E-state index < -0.39 is 30.4 Å². The smallest absolute Gasteiger partial charge is 0.342 e. The highest BCUT2D eigenvalue weighted by Crippen LogP contribution is 2.33. The molecule has 34 heavy (non-hydrogen) atoms. The molecule has 2 amide bonds. The van der Waals surface area contributed by atoms with Crippen molar-refractivity contribution in [3.05, 3.63) is 45.7 Å². The van der Waals surface area contributed by atoms with Crippen molar-refractivity contribution in [3.63, 3.8) is 0 Å². The van der Waals surface area contributed by atoms with Crippen LogP contribution in [0.1, 0.15) is 94.4 Å². The van der Waals surface area contributed by atoms with Gasteiger partial charge in [0.05, 0.1) is 6.61 Å². The molecule has 2 aromatic rings.